The van der Waals surface area contributed by atoms with E-state index in [9.17, 15) is 9.59 Å². The molecule has 2 rings (SSSR count). The molecule has 2 amide bonds. The lowest BCUT2D eigenvalue weighted by Gasteiger charge is -2.15. The van der Waals surface area contributed by atoms with Crippen LogP contribution in [0.15, 0.2) is 24.3 Å². The first-order valence-electron chi connectivity index (χ1n) is 6.22. The van der Waals surface area contributed by atoms with Gasteiger partial charge >= 0.3 is 0 Å². The molecule has 0 spiro atoms. The van der Waals surface area contributed by atoms with Crippen LogP contribution in [0.4, 0.5) is 11.4 Å². The Morgan fingerprint density at radius 1 is 1.37 bits per heavy atom. The Balaban J connectivity index is 1.86. The minimum Gasteiger partial charge on any atom is -0.397 e. The van der Waals surface area contributed by atoms with Crippen molar-refractivity contribution in [2.24, 2.45) is 11.7 Å². The van der Waals surface area contributed by atoms with Gasteiger partial charge in [-0.25, -0.2) is 0 Å². The minimum atomic E-state index is -0.296. The summed E-state index contributed by atoms with van der Waals surface area (Å²) in [4.78, 5) is 24.8. The van der Waals surface area contributed by atoms with E-state index in [0.29, 0.717) is 24.5 Å². The number of para-hydroxylation sites is 2. The fourth-order valence-electron chi connectivity index (χ4n) is 2.21. The molecular weight excluding hydrogens is 244 g/mol. The van der Waals surface area contributed by atoms with Crippen molar-refractivity contribution in [3.8, 4) is 0 Å². The molecule has 0 aliphatic carbocycles. The monoisotopic (exact) mass is 262 g/mol. The quantitative estimate of drug-likeness (QED) is 0.665. The summed E-state index contributed by atoms with van der Waals surface area (Å²) >= 11 is 0. The van der Waals surface area contributed by atoms with Crippen LogP contribution in [-0.2, 0) is 9.59 Å². The van der Waals surface area contributed by atoms with Crippen LogP contribution in [0.2, 0.25) is 0 Å². The van der Waals surface area contributed by atoms with Gasteiger partial charge in [0.2, 0.25) is 11.8 Å². The van der Waals surface area contributed by atoms with E-state index in [1.807, 2.05) is 17.0 Å². The van der Waals surface area contributed by atoms with Gasteiger partial charge in [-0.1, -0.05) is 12.1 Å². The number of anilines is 2. The fourth-order valence-corrected chi connectivity index (χ4v) is 2.21. The number of primary amides is 1. The van der Waals surface area contributed by atoms with Gasteiger partial charge in [-0.3, -0.25) is 14.5 Å². The molecule has 6 nitrogen and oxygen atoms in total. The number of nitrogens with one attached hydrogen (secondary N) is 1. The SMILES string of the molecule is NC(=O)C1CCN(CC(=O)Nc2ccccc2N)C1. The Labute approximate surface area is 111 Å². The van der Waals surface area contributed by atoms with Gasteiger partial charge in [0.25, 0.3) is 0 Å². The zero-order valence-corrected chi connectivity index (χ0v) is 10.6. The average molecular weight is 262 g/mol. The van der Waals surface area contributed by atoms with Gasteiger partial charge in [0.1, 0.15) is 0 Å². The number of hydrogen-bond acceptors (Lipinski definition) is 4. The second-order valence-corrected chi connectivity index (χ2v) is 4.76. The summed E-state index contributed by atoms with van der Waals surface area (Å²) in [5, 5.41) is 2.76. The van der Waals surface area contributed by atoms with Crippen LogP contribution in [0.25, 0.3) is 0 Å². The topological polar surface area (TPSA) is 101 Å². The van der Waals surface area contributed by atoms with Crippen molar-refractivity contribution < 1.29 is 9.59 Å². The van der Waals surface area contributed by atoms with Crippen LogP contribution in [0, 0.1) is 5.92 Å². The van der Waals surface area contributed by atoms with Gasteiger partial charge in [-0.2, -0.15) is 0 Å². The van der Waals surface area contributed by atoms with E-state index in [2.05, 4.69) is 5.32 Å². The number of benzene rings is 1. The number of amides is 2. The van der Waals surface area contributed by atoms with Crippen LogP contribution < -0.4 is 16.8 Å². The number of nitrogens with two attached hydrogens (primary N) is 2. The maximum absolute atomic E-state index is 11.9. The highest BCUT2D eigenvalue weighted by molar-refractivity contribution is 5.95. The Kier molecular flexibility index (Phi) is 4.01. The minimum absolute atomic E-state index is 0.136. The predicted molar refractivity (Wildman–Crippen MR) is 73.2 cm³/mol. The summed E-state index contributed by atoms with van der Waals surface area (Å²) in [6.45, 7) is 1.51. The molecule has 1 unspecified atom stereocenters. The third-order valence-corrected chi connectivity index (χ3v) is 3.28. The maximum atomic E-state index is 11.9. The van der Waals surface area contributed by atoms with E-state index in [1.54, 1.807) is 12.1 Å². The van der Waals surface area contributed by atoms with Crippen LogP contribution in [0.3, 0.4) is 0 Å². The summed E-state index contributed by atoms with van der Waals surface area (Å²) in [6, 6.07) is 7.10. The average Bonchev–Trinajstić information content (AvgIpc) is 2.80. The molecule has 1 fully saturated rings. The third kappa shape index (κ3) is 3.45. The van der Waals surface area contributed by atoms with Gasteiger partial charge in [0.15, 0.2) is 0 Å². The van der Waals surface area contributed by atoms with Gasteiger partial charge in [0, 0.05) is 6.54 Å². The number of nitrogens with zero attached hydrogens (tertiary/aromatic N) is 1. The second kappa shape index (κ2) is 5.71. The zero-order chi connectivity index (χ0) is 13.8. The molecule has 19 heavy (non-hydrogen) atoms. The Hall–Kier alpha value is -2.08. The Morgan fingerprint density at radius 2 is 2.11 bits per heavy atom. The standard InChI is InChI=1S/C13H18N4O2/c14-10-3-1-2-4-11(10)16-12(18)8-17-6-5-9(7-17)13(15)19/h1-4,9H,5-8,14H2,(H2,15,19)(H,16,18). The van der Waals surface area contributed by atoms with Crippen molar-refractivity contribution in [3.63, 3.8) is 0 Å². The number of carbonyl (C=O) groups is 2. The van der Waals surface area contributed by atoms with Crippen molar-refractivity contribution in [1.82, 2.24) is 4.90 Å². The summed E-state index contributed by atoms with van der Waals surface area (Å²) in [5.74, 6) is -0.576. The molecule has 1 aromatic rings. The zero-order valence-electron chi connectivity index (χ0n) is 10.6. The first-order chi connectivity index (χ1) is 9.06. The molecule has 5 N–H and O–H groups in total. The maximum Gasteiger partial charge on any atom is 0.238 e. The highest BCUT2D eigenvalue weighted by Gasteiger charge is 2.27. The van der Waals surface area contributed by atoms with Gasteiger partial charge in [0.05, 0.1) is 23.8 Å². The van der Waals surface area contributed by atoms with Gasteiger partial charge in [-0.15, -0.1) is 0 Å². The lowest BCUT2D eigenvalue weighted by atomic mass is 10.1. The van der Waals surface area contributed by atoms with Crippen molar-refractivity contribution in [2.75, 3.05) is 30.7 Å². The number of hydrogen-bond donors (Lipinski definition) is 3. The van der Waals surface area contributed by atoms with Gasteiger partial charge < -0.3 is 16.8 Å². The number of nitrogen functional groups attached to an aromatic ring is 1. The molecule has 1 heterocycles. The molecule has 0 radical (unpaired) electrons. The third-order valence-electron chi connectivity index (χ3n) is 3.28. The molecule has 0 saturated carbocycles. The highest BCUT2D eigenvalue weighted by Crippen LogP contribution is 2.18. The Bertz CT molecular complexity index is 489. The lowest BCUT2D eigenvalue weighted by Crippen LogP contribution is -2.33. The van der Waals surface area contributed by atoms with Gasteiger partial charge in [-0.05, 0) is 25.1 Å². The smallest absolute Gasteiger partial charge is 0.238 e. The van der Waals surface area contributed by atoms with Crippen molar-refractivity contribution in [1.29, 1.82) is 0 Å². The van der Waals surface area contributed by atoms with Crippen molar-refractivity contribution >= 4 is 23.2 Å². The van der Waals surface area contributed by atoms with E-state index < -0.39 is 0 Å². The Morgan fingerprint density at radius 3 is 2.74 bits per heavy atom. The fraction of sp³-hybridized carbons (Fsp3) is 0.385. The van der Waals surface area contributed by atoms with Crippen LogP contribution in [0.5, 0.6) is 0 Å². The van der Waals surface area contributed by atoms with Crippen LogP contribution in [-0.4, -0.2) is 36.3 Å². The summed E-state index contributed by atoms with van der Waals surface area (Å²) < 4.78 is 0. The largest absolute Gasteiger partial charge is 0.397 e. The van der Waals surface area contributed by atoms with E-state index >= 15 is 0 Å². The van der Waals surface area contributed by atoms with E-state index in [1.165, 1.54) is 0 Å². The van der Waals surface area contributed by atoms with Crippen LogP contribution in [0.1, 0.15) is 6.42 Å². The second-order valence-electron chi connectivity index (χ2n) is 4.76. The van der Waals surface area contributed by atoms with Crippen LogP contribution >= 0.6 is 0 Å². The molecule has 1 aromatic carbocycles. The molecule has 1 saturated heterocycles. The first-order valence-corrected chi connectivity index (χ1v) is 6.22. The number of rotatable bonds is 4. The highest BCUT2D eigenvalue weighted by atomic mass is 16.2. The molecule has 6 heteroatoms. The van der Waals surface area contributed by atoms with E-state index in [4.69, 9.17) is 11.5 Å². The molecule has 0 aromatic heterocycles. The number of carbonyl (C=O) groups excluding carboxylic acids is 2. The molecule has 1 aliphatic rings. The molecule has 0 bridgehead atoms. The lowest BCUT2D eigenvalue weighted by molar-refractivity contribution is -0.122. The van der Waals surface area contributed by atoms with E-state index in [-0.39, 0.29) is 24.3 Å². The number of likely N-dealkylation sites (tertiary alicyclic amines) is 1. The molecule has 1 aliphatic heterocycles. The predicted octanol–water partition coefficient (Wildman–Crippen LogP) is 0.0145. The summed E-state index contributed by atoms with van der Waals surface area (Å²) in [5.41, 5.74) is 12.1. The van der Waals surface area contributed by atoms with Crippen molar-refractivity contribution in [3.05, 3.63) is 24.3 Å². The molecular formula is C13H18N4O2. The van der Waals surface area contributed by atoms with E-state index in [0.717, 1.165) is 6.42 Å². The summed E-state index contributed by atoms with van der Waals surface area (Å²) in [7, 11) is 0. The summed E-state index contributed by atoms with van der Waals surface area (Å²) in [6.07, 6.45) is 0.718. The normalized spacial score (nSPS) is 19.3. The molecule has 102 valence electrons. The molecule has 1 atom stereocenters. The first kappa shape index (κ1) is 13.4. The van der Waals surface area contributed by atoms with Crippen molar-refractivity contribution in [2.45, 2.75) is 6.42 Å².